The summed E-state index contributed by atoms with van der Waals surface area (Å²) in [4.78, 5) is 0.0434. The molecule has 112 valence electrons. The zero-order valence-electron chi connectivity index (χ0n) is 10.8. The molecule has 1 unspecified atom stereocenters. The van der Waals surface area contributed by atoms with Crippen LogP contribution < -0.4 is 4.72 Å². The molecule has 2 aromatic carbocycles. The van der Waals surface area contributed by atoms with Crippen molar-refractivity contribution in [2.24, 2.45) is 0 Å². The van der Waals surface area contributed by atoms with Crippen molar-refractivity contribution in [1.29, 1.82) is 0 Å². The Morgan fingerprint density at radius 3 is 2.14 bits per heavy atom. The number of hydrogen-bond acceptors (Lipinski definition) is 2. The molecule has 2 rings (SSSR count). The van der Waals surface area contributed by atoms with Crippen molar-refractivity contribution in [2.75, 3.05) is 5.33 Å². The molecule has 1 atom stereocenters. The van der Waals surface area contributed by atoms with Gasteiger partial charge in [0.25, 0.3) is 0 Å². The van der Waals surface area contributed by atoms with Crippen LogP contribution in [-0.2, 0) is 10.0 Å². The van der Waals surface area contributed by atoms with E-state index in [0.717, 1.165) is 5.56 Å². The summed E-state index contributed by atoms with van der Waals surface area (Å²) in [6, 6.07) is 13.2. The van der Waals surface area contributed by atoms with Crippen molar-refractivity contribution in [3.05, 3.63) is 64.1 Å². The van der Waals surface area contributed by atoms with Crippen molar-refractivity contribution in [3.8, 4) is 0 Å². The summed E-state index contributed by atoms with van der Waals surface area (Å²) in [7, 11) is -3.71. The summed E-state index contributed by atoms with van der Waals surface area (Å²) in [5.41, 5.74) is 0.867. The minimum atomic E-state index is -3.71. The van der Waals surface area contributed by atoms with E-state index in [4.69, 9.17) is 23.2 Å². The second-order valence-corrected chi connectivity index (χ2v) is 7.58. The van der Waals surface area contributed by atoms with Gasteiger partial charge in [0.1, 0.15) is 0 Å². The SMILES string of the molecule is O=S(=O)(NC(CBr)c1ccccc1)c1cc(Cl)cc(Cl)c1. The standard InChI is InChI=1S/C14H12BrCl2NO2S/c15-9-14(10-4-2-1-3-5-10)18-21(19,20)13-7-11(16)6-12(17)8-13/h1-8,14,18H,9H2. The van der Waals surface area contributed by atoms with Gasteiger partial charge in [-0.3, -0.25) is 0 Å². The van der Waals surface area contributed by atoms with Crippen LogP contribution in [0.1, 0.15) is 11.6 Å². The van der Waals surface area contributed by atoms with Crippen molar-refractivity contribution < 1.29 is 8.42 Å². The van der Waals surface area contributed by atoms with E-state index in [-0.39, 0.29) is 21.0 Å². The molecule has 0 aliphatic rings. The first-order valence-electron chi connectivity index (χ1n) is 6.02. The Kier molecular flexibility index (Phi) is 5.68. The maximum Gasteiger partial charge on any atom is 0.241 e. The van der Waals surface area contributed by atoms with Gasteiger partial charge in [-0.15, -0.1) is 0 Å². The molecule has 0 spiro atoms. The topological polar surface area (TPSA) is 46.2 Å². The lowest BCUT2D eigenvalue weighted by Crippen LogP contribution is -2.29. The van der Waals surface area contributed by atoms with E-state index in [1.807, 2.05) is 30.3 Å². The van der Waals surface area contributed by atoms with Gasteiger partial charge in [0, 0.05) is 15.4 Å². The van der Waals surface area contributed by atoms with Crippen LogP contribution in [0.25, 0.3) is 0 Å². The Bertz CT molecular complexity index is 703. The van der Waals surface area contributed by atoms with E-state index >= 15 is 0 Å². The van der Waals surface area contributed by atoms with Crippen LogP contribution in [0.5, 0.6) is 0 Å². The summed E-state index contributed by atoms with van der Waals surface area (Å²) < 4.78 is 27.5. The highest BCUT2D eigenvalue weighted by Gasteiger charge is 2.21. The third kappa shape index (κ3) is 4.44. The Morgan fingerprint density at radius 1 is 1.05 bits per heavy atom. The van der Waals surface area contributed by atoms with Gasteiger partial charge in [0.05, 0.1) is 10.9 Å². The third-order valence-corrected chi connectivity index (χ3v) is 5.34. The van der Waals surface area contributed by atoms with Crippen LogP contribution in [0.15, 0.2) is 53.4 Å². The molecular weight excluding hydrogens is 397 g/mol. The molecule has 0 saturated carbocycles. The second kappa shape index (κ2) is 7.11. The molecule has 0 bridgehead atoms. The van der Waals surface area contributed by atoms with Gasteiger partial charge < -0.3 is 0 Å². The maximum atomic E-state index is 12.4. The second-order valence-electron chi connectivity index (χ2n) is 4.34. The quantitative estimate of drug-likeness (QED) is 0.744. The minimum Gasteiger partial charge on any atom is -0.207 e. The highest BCUT2D eigenvalue weighted by molar-refractivity contribution is 9.09. The van der Waals surface area contributed by atoms with Crippen molar-refractivity contribution in [2.45, 2.75) is 10.9 Å². The Labute approximate surface area is 142 Å². The minimum absolute atomic E-state index is 0.0434. The van der Waals surface area contributed by atoms with E-state index < -0.39 is 10.0 Å². The highest BCUT2D eigenvalue weighted by atomic mass is 79.9. The van der Waals surface area contributed by atoms with Crippen LogP contribution in [0.2, 0.25) is 10.0 Å². The fourth-order valence-corrected chi connectivity index (χ4v) is 4.51. The largest absolute Gasteiger partial charge is 0.241 e. The van der Waals surface area contributed by atoms with Crippen LogP contribution in [0, 0.1) is 0 Å². The molecule has 0 amide bonds. The lowest BCUT2D eigenvalue weighted by atomic mass is 10.1. The zero-order valence-corrected chi connectivity index (χ0v) is 14.7. The summed E-state index contributed by atoms with van der Waals surface area (Å²) in [6.07, 6.45) is 0. The van der Waals surface area contributed by atoms with E-state index in [0.29, 0.717) is 5.33 Å². The van der Waals surface area contributed by atoms with Crippen LogP contribution >= 0.6 is 39.1 Å². The van der Waals surface area contributed by atoms with Gasteiger partial charge in [-0.25, -0.2) is 13.1 Å². The molecule has 0 aliphatic heterocycles. The van der Waals surface area contributed by atoms with Crippen molar-refractivity contribution >= 4 is 49.2 Å². The fraction of sp³-hybridized carbons (Fsp3) is 0.143. The molecular formula is C14H12BrCl2NO2S. The lowest BCUT2D eigenvalue weighted by molar-refractivity contribution is 0.569. The zero-order chi connectivity index (χ0) is 15.5. The first-order chi connectivity index (χ1) is 9.92. The predicted molar refractivity (Wildman–Crippen MR) is 89.8 cm³/mol. The smallest absolute Gasteiger partial charge is 0.207 e. The molecule has 1 N–H and O–H groups in total. The molecule has 0 saturated heterocycles. The third-order valence-electron chi connectivity index (χ3n) is 2.80. The fourth-order valence-electron chi connectivity index (χ4n) is 1.81. The van der Waals surface area contributed by atoms with Gasteiger partial charge in [-0.1, -0.05) is 69.5 Å². The molecule has 2 aromatic rings. The maximum absolute atomic E-state index is 12.4. The molecule has 3 nitrogen and oxygen atoms in total. The first kappa shape index (κ1) is 16.8. The normalized spacial score (nSPS) is 13.1. The van der Waals surface area contributed by atoms with Crippen LogP contribution in [0.4, 0.5) is 0 Å². The average Bonchev–Trinajstić information content (AvgIpc) is 2.45. The lowest BCUT2D eigenvalue weighted by Gasteiger charge is -2.17. The van der Waals surface area contributed by atoms with Crippen molar-refractivity contribution in [3.63, 3.8) is 0 Å². The van der Waals surface area contributed by atoms with Gasteiger partial charge >= 0.3 is 0 Å². The number of nitrogens with one attached hydrogen (secondary N) is 1. The summed E-state index contributed by atoms with van der Waals surface area (Å²) in [6.45, 7) is 0. The Hall–Kier alpha value is -0.590. The molecule has 0 aliphatic carbocycles. The molecule has 7 heteroatoms. The molecule has 0 heterocycles. The predicted octanol–water partition coefficient (Wildman–Crippen LogP) is 4.41. The summed E-state index contributed by atoms with van der Waals surface area (Å²) in [5, 5.41) is 1.00. The molecule has 0 fully saturated rings. The number of halogens is 3. The number of hydrogen-bond donors (Lipinski definition) is 1. The number of benzene rings is 2. The van der Waals surface area contributed by atoms with Crippen LogP contribution in [-0.4, -0.2) is 13.7 Å². The first-order valence-corrected chi connectivity index (χ1v) is 9.38. The molecule has 21 heavy (non-hydrogen) atoms. The van der Waals surface area contributed by atoms with E-state index in [9.17, 15) is 8.42 Å². The number of sulfonamides is 1. The molecule has 0 radical (unpaired) electrons. The number of rotatable bonds is 5. The average molecular weight is 409 g/mol. The van der Waals surface area contributed by atoms with E-state index in [2.05, 4.69) is 20.7 Å². The Balaban J connectivity index is 2.31. The summed E-state index contributed by atoms with van der Waals surface area (Å²) in [5.74, 6) is 0. The van der Waals surface area contributed by atoms with E-state index in [1.54, 1.807) is 0 Å². The van der Waals surface area contributed by atoms with Gasteiger partial charge in [-0.2, -0.15) is 0 Å². The highest BCUT2D eigenvalue weighted by Crippen LogP contribution is 2.24. The van der Waals surface area contributed by atoms with E-state index in [1.165, 1.54) is 18.2 Å². The van der Waals surface area contributed by atoms with Gasteiger partial charge in [0.2, 0.25) is 10.0 Å². The van der Waals surface area contributed by atoms with Crippen LogP contribution in [0.3, 0.4) is 0 Å². The number of alkyl halides is 1. The molecule has 0 aromatic heterocycles. The monoisotopic (exact) mass is 407 g/mol. The Morgan fingerprint density at radius 2 is 1.62 bits per heavy atom. The van der Waals surface area contributed by atoms with Gasteiger partial charge in [0.15, 0.2) is 0 Å². The van der Waals surface area contributed by atoms with Gasteiger partial charge in [-0.05, 0) is 23.8 Å². The summed E-state index contributed by atoms with van der Waals surface area (Å²) >= 11 is 15.0. The van der Waals surface area contributed by atoms with Crippen molar-refractivity contribution in [1.82, 2.24) is 4.72 Å².